The summed E-state index contributed by atoms with van der Waals surface area (Å²) in [4.78, 5) is 16.0. The lowest BCUT2D eigenvalue weighted by Gasteiger charge is -2.29. The van der Waals surface area contributed by atoms with E-state index in [1.54, 1.807) is 23.0 Å². The van der Waals surface area contributed by atoms with Crippen LogP contribution in [0.25, 0.3) is 27.8 Å². The first kappa shape index (κ1) is 20.7. The number of imidazole rings is 1. The number of fused-ring (bicyclic) bond motifs is 2. The van der Waals surface area contributed by atoms with E-state index in [0.29, 0.717) is 42.8 Å². The molecule has 0 unspecified atom stereocenters. The van der Waals surface area contributed by atoms with Gasteiger partial charge in [0.05, 0.1) is 6.10 Å². The third-order valence-corrected chi connectivity index (χ3v) is 5.80. The Balaban J connectivity index is 1.33. The van der Waals surface area contributed by atoms with E-state index in [-0.39, 0.29) is 11.7 Å². The fraction of sp³-hybridized carbons (Fsp3) is 0.381. The Hall–Kier alpha value is -3.21. The van der Waals surface area contributed by atoms with Crippen molar-refractivity contribution >= 4 is 22.6 Å². The highest BCUT2D eigenvalue weighted by atomic mass is 19.4. The van der Waals surface area contributed by atoms with Gasteiger partial charge in [-0.1, -0.05) is 0 Å². The van der Waals surface area contributed by atoms with Crippen LogP contribution in [0.4, 0.5) is 23.5 Å². The SMILES string of the molecule is Cc1cnc2c(F)cc(-c3c[nH]c4nc(N[C@H]5CC[C@@H](OC(F)(F)F)CC5)ncc34)cn12. The number of H-pyrrole nitrogens is 1. The first-order valence-corrected chi connectivity index (χ1v) is 10.3. The molecule has 4 heterocycles. The van der Waals surface area contributed by atoms with Crippen molar-refractivity contribution in [2.24, 2.45) is 0 Å². The fourth-order valence-electron chi connectivity index (χ4n) is 4.22. The normalized spacial score (nSPS) is 19.7. The van der Waals surface area contributed by atoms with Crippen LogP contribution < -0.4 is 5.32 Å². The topological polar surface area (TPSA) is 80.1 Å². The summed E-state index contributed by atoms with van der Waals surface area (Å²) in [6.07, 6.45) is 3.10. The predicted molar refractivity (Wildman–Crippen MR) is 110 cm³/mol. The summed E-state index contributed by atoms with van der Waals surface area (Å²) in [5.74, 6) is -0.0348. The van der Waals surface area contributed by atoms with E-state index in [4.69, 9.17) is 0 Å². The number of anilines is 1. The number of rotatable bonds is 4. The lowest BCUT2D eigenvalue weighted by molar-refractivity contribution is -0.345. The fourth-order valence-corrected chi connectivity index (χ4v) is 4.22. The lowest BCUT2D eigenvalue weighted by Crippen LogP contribution is -2.33. The summed E-state index contributed by atoms with van der Waals surface area (Å²) in [6.45, 7) is 1.85. The smallest absolute Gasteiger partial charge is 0.351 e. The van der Waals surface area contributed by atoms with Crippen molar-refractivity contribution in [3.8, 4) is 11.1 Å². The van der Waals surface area contributed by atoms with E-state index < -0.39 is 18.3 Å². The quantitative estimate of drug-likeness (QED) is 0.431. The van der Waals surface area contributed by atoms with Gasteiger partial charge in [0.25, 0.3) is 0 Å². The molecule has 0 atom stereocenters. The van der Waals surface area contributed by atoms with Crippen LogP contribution in [0.15, 0.2) is 30.9 Å². The molecule has 2 N–H and O–H groups in total. The Morgan fingerprint density at radius 3 is 2.69 bits per heavy atom. The molecule has 4 aromatic heterocycles. The van der Waals surface area contributed by atoms with Gasteiger partial charge in [-0.05, 0) is 38.7 Å². The molecule has 11 heteroatoms. The number of alkyl halides is 3. The molecule has 4 aromatic rings. The molecule has 1 saturated carbocycles. The Bertz CT molecular complexity index is 1270. The number of pyridine rings is 1. The van der Waals surface area contributed by atoms with Gasteiger partial charge in [-0.2, -0.15) is 4.98 Å². The van der Waals surface area contributed by atoms with Gasteiger partial charge in [-0.3, -0.25) is 4.74 Å². The second-order valence-corrected chi connectivity index (χ2v) is 8.01. The highest BCUT2D eigenvalue weighted by molar-refractivity contribution is 5.93. The van der Waals surface area contributed by atoms with Crippen LogP contribution in [0.5, 0.6) is 0 Å². The maximum absolute atomic E-state index is 14.5. The lowest BCUT2D eigenvalue weighted by atomic mass is 9.93. The van der Waals surface area contributed by atoms with Crippen molar-refractivity contribution in [3.05, 3.63) is 42.4 Å². The third-order valence-electron chi connectivity index (χ3n) is 5.80. The second kappa shape index (κ2) is 7.73. The summed E-state index contributed by atoms with van der Waals surface area (Å²) in [5.41, 5.74) is 3.08. The first-order valence-electron chi connectivity index (χ1n) is 10.3. The molecule has 32 heavy (non-hydrogen) atoms. The largest absolute Gasteiger partial charge is 0.522 e. The predicted octanol–water partition coefficient (Wildman–Crippen LogP) is 4.98. The zero-order chi connectivity index (χ0) is 22.5. The molecule has 0 aliphatic heterocycles. The van der Waals surface area contributed by atoms with E-state index in [2.05, 4.69) is 30.0 Å². The van der Waals surface area contributed by atoms with Gasteiger partial charge in [0, 0.05) is 53.0 Å². The summed E-state index contributed by atoms with van der Waals surface area (Å²) in [6, 6.07) is 1.40. The number of aryl methyl sites for hydroxylation is 1. The molecular formula is C21H20F4N6O. The average Bonchev–Trinajstić information content (AvgIpc) is 3.32. The standard InChI is InChI=1S/C21H20F4N6O/c1-11-7-27-19-17(22)6-12(10-31(11)19)15-8-26-18-16(15)9-28-20(30-18)29-13-2-4-14(5-3-13)32-21(23,24)25/h6-10,13-14H,2-5H2,1H3,(H2,26,28,29,30)/t13-,14+. The Labute approximate surface area is 179 Å². The molecule has 0 spiro atoms. The first-order chi connectivity index (χ1) is 15.3. The summed E-state index contributed by atoms with van der Waals surface area (Å²) >= 11 is 0. The summed E-state index contributed by atoms with van der Waals surface area (Å²) in [7, 11) is 0. The van der Waals surface area contributed by atoms with Crippen LogP contribution in [0.3, 0.4) is 0 Å². The highest BCUT2D eigenvalue weighted by Crippen LogP contribution is 2.31. The molecule has 0 saturated heterocycles. The van der Waals surface area contributed by atoms with Gasteiger partial charge in [0.1, 0.15) is 5.65 Å². The van der Waals surface area contributed by atoms with Crippen molar-refractivity contribution in [2.45, 2.75) is 51.1 Å². The van der Waals surface area contributed by atoms with E-state index >= 15 is 0 Å². The van der Waals surface area contributed by atoms with Crippen LogP contribution in [-0.4, -0.2) is 42.8 Å². The second-order valence-electron chi connectivity index (χ2n) is 8.01. The van der Waals surface area contributed by atoms with Crippen LogP contribution >= 0.6 is 0 Å². The molecule has 7 nitrogen and oxygen atoms in total. The Morgan fingerprint density at radius 2 is 1.94 bits per heavy atom. The number of hydrogen-bond donors (Lipinski definition) is 2. The molecule has 1 fully saturated rings. The minimum Gasteiger partial charge on any atom is -0.351 e. The minimum absolute atomic E-state index is 0.0318. The van der Waals surface area contributed by atoms with Crippen LogP contribution in [0.1, 0.15) is 31.4 Å². The monoisotopic (exact) mass is 448 g/mol. The number of aromatic nitrogens is 5. The van der Waals surface area contributed by atoms with Gasteiger partial charge < -0.3 is 14.7 Å². The Morgan fingerprint density at radius 1 is 1.16 bits per heavy atom. The number of nitrogens with zero attached hydrogens (tertiary/aromatic N) is 4. The Kier molecular flexibility index (Phi) is 5.00. The average molecular weight is 448 g/mol. The van der Waals surface area contributed by atoms with E-state index in [1.165, 1.54) is 6.07 Å². The number of ether oxygens (including phenoxy) is 1. The molecule has 1 aliphatic rings. The number of nitrogens with one attached hydrogen (secondary N) is 2. The van der Waals surface area contributed by atoms with Crippen LogP contribution in [0, 0.1) is 12.7 Å². The van der Waals surface area contributed by atoms with Gasteiger partial charge in [-0.25, -0.2) is 14.4 Å². The molecule has 168 valence electrons. The highest BCUT2D eigenvalue weighted by Gasteiger charge is 2.35. The summed E-state index contributed by atoms with van der Waals surface area (Å²) < 4.78 is 57.4. The van der Waals surface area contributed by atoms with Gasteiger partial charge >= 0.3 is 6.36 Å². The molecule has 0 radical (unpaired) electrons. The molecule has 0 aromatic carbocycles. The molecule has 5 rings (SSSR count). The molecule has 1 aliphatic carbocycles. The van der Waals surface area contributed by atoms with Crippen molar-refractivity contribution in [2.75, 3.05) is 5.32 Å². The van der Waals surface area contributed by atoms with Gasteiger partial charge in [0.15, 0.2) is 11.5 Å². The zero-order valence-corrected chi connectivity index (χ0v) is 17.1. The van der Waals surface area contributed by atoms with E-state index in [9.17, 15) is 17.6 Å². The molecule has 0 bridgehead atoms. The number of halogens is 4. The van der Waals surface area contributed by atoms with E-state index in [0.717, 1.165) is 16.6 Å². The molecule has 0 amide bonds. The van der Waals surface area contributed by atoms with Gasteiger partial charge in [0.2, 0.25) is 5.95 Å². The number of hydrogen-bond acceptors (Lipinski definition) is 5. The van der Waals surface area contributed by atoms with Crippen molar-refractivity contribution in [1.82, 2.24) is 24.3 Å². The molecular weight excluding hydrogens is 428 g/mol. The maximum Gasteiger partial charge on any atom is 0.522 e. The van der Waals surface area contributed by atoms with Crippen molar-refractivity contribution < 1.29 is 22.3 Å². The minimum atomic E-state index is -4.60. The van der Waals surface area contributed by atoms with Crippen LogP contribution in [0.2, 0.25) is 0 Å². The maximum atomic E-state index is 14.5. The van der Waals surface area contributed by atoms with Gasteiger partial charge in [-0.15, -0.1) is 13.2 Å². The summed E-state index contributed by atoms with van der Waals surface area (Å²) in [5, 5.41) is 3.92. The zero-order valence-electron chi connectivity index (χ0n) is 17.1. The van der Waals surface area contributed by atoms with Crippen LogP contribution in [-0.2, 0) is 4.74 Å². The van der Waals surface area contributed by atoms with Crippen molar-refractivity contribution in [3.63, 3.8) is 0 Å². The third kappa shape index (κ3) is 3.99. The van der Waals surface area contributed by atoms with E-state index in [1.807, 2.05) is 13.1 Å². The van der Waals surface area contributed by atoms with Crippen molar-refractivity contribution in [1.29, 1.82) is 0 Å². The number of aromatic amines is 1.